The molecular formula is C89H121Cl2N7O12. The van der Waals surface area contributed by atoms with Crippen LogP contribution in [0.2, 0.25) is 10.0 Å². The number of aromatic nitrogens is 7. The third kappa shape index (κ3) is 11.7. The zero-order valence-corrected chi connectivity index (χ0v) is 70.2. The molecule has 4 aromatic rings. The lowest BCUT2D eigenvalue weighted by Gasteiger charge is -2.72. The molecule has 10 aliphatic rings. The maximum Gasteiger partial charge on any atom is 0.310 e. The molecule has 1 aromatic carbocycles. The number of ketones is 2. The molecule has 0 radical (unpaired) electrons. The summed E-state index contributed by atoms with van der Waals surface area (Å²) in [6.45, 7) is 37.0. The summed E-state index contributed by atoms with van der Waals surface area (Å²) in [5, 5.41) is 66.7. The van der Waals surface area contributed by atoms with E-state index in [0.717, 1.165) is 99.3 Å². The van der Waals surface area contributed by atoms with E-state index < -0.39 is 75.7 Å². The lowest BCUT2D eigenvalue weighted by atomic mass is 9.33. The van der Waals surface area contributed by atoms with E-state index in [4.69, 9.17) is 42.9 Å². The molecule has 7 unspecified atom stereocenters. The van der Waals surface area contributed by atoms with Crippen LogP contribution in [0.5, 0.6) is 0 Å². The highest BCUT2D eigenvalue weighted by Crippen LogP contribution is 2.80. The lowest BCUT2D eigenvalue weighted by molar-refractivity contribution is -0.235. The molecule has 4 N–H and O–H groups in total. The third-order valence-electron chi connectivity index (χ3n) is 33.8. The zero-order valence-electron chi connectivity index (χ0n) is 68.7. The first kappa shape index (κ1) is 80.5. The number of rotatable bonds is 18. The van der Waals surface area contributed by atoms with E-state index in [1.807, 2.05) is 30.8 Å². The van der Waals surface area contributed by atoms with Gasteiger partial charge in [0.2, 0.25) is 0 Å². The average molecular weight is 1550 g/mol. The molecule has 10 aliphatic carbocycles. The van der Waals surface area contributed by atoms with E-state index in [0.29, 0.717) is 87.7 Å². The second-order valence-corrected chi connectivity index (χ2v) is 41.7. The van der Waals surface area contributed by atoms with Gasteiger partial charge in [-0.3, -0.25) is 33.8 Å². The molecule has 14 rings (SSSR count). The number of aliphatic carboxylic acids is 2. The molecule has 110 heavy (non-hydrogen) atoms. The first-order valence-corrected chi connectivity index (χ1v) is 41.9. The fraction of sp³-hybridized carbons (Fsp3) is 0.719. The van der Waals surface area contributed by atoms with Crippen molar-refractivity contribution in [1.29, 1.82) is 0 Å². The number of esters is 2. The summed E-state index contributed by atoms with van der Waals surface area (Å²) in [5.74, 6) is -0.266. The molecule has 598 valence electrons. The number of carboxylic acid groups (broad SMARTS) is 2. The number of carbonyl (C=O) groups is 6. The van der Waals surface area contributed by atoms with Crippen LogP contribution in [0.1, 0.15) is 276 Å². The molecule has 0 spiro atoms. The number of fused-ring (bicyclic) bond motifs is 14. The van der Waals surface area contributed by atoms with Crippen LogP contribution < -0.4 is 0 Å². The van der Waals surface area contributed by atoms with Gasteiger partial charge in [-0.25, -0.2) is 0 Å². The van der Waals surface area contributed by atoms with Gasteiger partial charge in [-0.05, 0) is 268 Å². The highest BCUT2D eigenvalue weighted by atomic mass is 35.5. The number of aliphatic hydroxyl groups excluding tert-OH is 2. The number of nitrogens with zero attached hydrogens (tertiary/aromatic N) is 7. The monoisotopic (exact) mass is 1550 g/mol. The van der Waals surface area contributed by atoms with Crippen LogP contribution in [-0.4, -0.2) is 103 Å². The summed E-state index contributed by atoms with van der Waals surface area (Å²) >= 11 is 13.3. The predicted molar refractivity (Wildman–Crippen MR) is 419 cm³/mol. The molecular weight excluding hydrogens is 1430 g/mol. The number of benzene rings is 1. The Bertz CT molecular complexity index is 4510. The van der Waals surface area contributed by atoms with E-state index >= 15 is 0 Å². The van der Waals surface area contributed by atoms with E-state index in [1.54, 1.807) is 49.7 Å². The summed E-state index contributed by atoms with van der Waals surface area (Å²) < 4.78 is 16.5. The van der Waals surface area contributed by atoms with Crippen molar-refractivity contribution in [3.8, 4) is 22.9 Å². The van der Waals surface area contributed by atoms with Gasteiger partial charge in [0.25, 0.3) is 0 Å². The molecule has 0 bridgehead atoms. The molecule has 3 aromatic heterocycles. The highest BCUT2D eigenvalue weighted by Gasteiger charge is 2.74. The molecule has 21 heteroatoms. The summed E-state index contributed by atoms with van der Waals surface area (Å²) in [6.07, 6.45) is 11.5. The van der Waals surface area contributed by atoms with Crippen molar-refractivity contribution < 1.29 is 58.7 Å². The molecule has 0 saturated heterocycles. The summed E-state index contributed by atoms with van der Waals surface area (Å²) in [5.41, 5.74) is -0.680. The normalized spacial score (nSPS) is 36.7. The molecule has 19 nitrogen and oxygen atoms in total. The van der Waals surface area contributed by atoms with Crippen molar-refractivity contribution in [3.63, 3.8) is 0 Å². The second kappa shape index (κ2) is 27.0. The molecule has 0 amide bonds. The lowest BCUT2D eigenvalue weighted by Crippen LogP contribution is -2.66. The standard InChI is InChI=1S/C89H121Cl2N7O12/c1-47(2)66-56(99)42-88(38-36-84(14)52(68(66)88)22-26-60-82(12)32-30-62(109-64(101)44-78(5,6)76(105)106)79(7,8)58(82)28-34-86(60,84)16)70(103)74-95-93-72(97(74)18)49-20-24-54(91)50(40-49)41-81(11,77(107)108)45-65(102)110-63-31-33-83(13)59(80(63,9)10)29-35-87(17)61(83)27-23-53-69-67(48(3)4)57(100)43-89(69,39-37-85(53,87)15)71(104)75-96-94-73(98(75)19)55-25-21-51(90)46-92-55/h20-21,24-25,40,46-48,52-53,58-63,70-71,103-104H,22-23,26-39,41-45H2,1-19H3,(H,105,106)(H,107,108)/t52-,53-,58?,59?,60?,61?,62+,63+,70?,71?,81?,82+,83+,84-,85-,86-,87-,88-,89-/m1/s1. The Hall–Kier alpha value is -6.15. The Morgan fingerprint density at radius 3 is 1.44 bits per heavy atom. The van der Waals surface area contributed by atoms with Crippen molar-refractivity contribution in [2.45, 2.75) is 277 Å². The number of carboxylic acids is 2. The summed E-state index contributed by atoms with van der Waals surface area (Å²) in [4.78, 5) is 87.8. The minimum absolute atomic E-state index is 0.0246. The summed E-state index contributed by atoms with van der Waals surface area (Å²) in [6, 6.07) is 8.88. The van der Waals surface area contributed by atoms with Gasteiger partial charge in [0, 0.05) is 65.4 Å². The van der Waals surface area contributed by atoms with Crippen LogP contribution in [0, 0.1) is 112 Å². The van der Waals surface area contributed by atoms with Crippen molar-refractivity contribution in [3.05, 3.63) is 86.1 Å². The molecule has 19 atom stereocenters. The van der Waals surface area contributed by atoms with Crippen LogP contribution in [-0.2, 0) is 58.8 Å². The van der Waals surface area contributed by atoms with Gasteiger partial charge in [-0.1, -0.05) is 120 Å². The number of hydrogen-bond donors (Lipinski definition) is 4. The number of allylic oxidation sites excluding steroid dienone is 2. The number of Topliss-reactive ketones (excluding diaryl/α,β-unsaturated/α-hetero) is 2. The van der Waals surface area contributed by atoms with Crippen LogP contribution in [0.15, 0.2) is 58.8 Å². The Balaban J connectivity index is 0.661. The molecule has 8 saturated carbocycles. The number of carbonyl (C=O) groups excluding carboxylic acids is 4. The van der Waals surface area contributed by atoms with E-state index in [-0.39, 0.29) is 117 Å². The van der Waals surface area contributed by atoms with Crippen molar-refractivity contribution in [2.24, 2.45) is 126 Å². The maximum atomic E-state index is 14.8. The molecule has 3 heterocycles. The first-order chi connectivity index (χ1) is 51.2. The van der Waals surface area contributed by atoms with Gasteiger partial charge in [0.15, 0.2) is 34.9 Å². The third-order valence-corrected chi connectivity index (χ3v) is 34.4. The fourth-order valence-corrected chi connectivity index (χ4v) is 28.0. The fourth-order valence-electron chi connectivity index (χ4n) is 27.7. The van der Waals surface area contributed by atoms with Crippen LogP contribution in [0.25, 0.3) is 22.9 Å². The minimum Gasteiger partial charge on any atom is -0.481 e. The summed E-state index contributed by atoms with van der Waals surface area (Å²) in [7, 11) is 3.68. The van der Waals surface area contributed by atoms with Gasteiger partial charge in [0.05, 0.1) is 28.7 Å². The number of halogens is 2. The van der Waals surface area contributed by atoms with Gasteiger partial charge in [0.1, 0.15) is 30.1 Å². The quantitative estimate of drug-likeness (QED) is 0.0674. The largest absolute Gasteiger partial charge is 0.481 e. The molecule has 0 aliphatic heterocycles. The van der Waals surface area contributed by atoms with Crippen molar-refractivity contribution >= 4 is 58.6 Å². The van der Waals surface area contributed by atoms with Gasteiger partial charge in [-0.2, -0.15) is 0 Å². The number of ether oxygens (including phenoxy) is 2. The Kier molecular flexibility index (Phi) is 19.7. The first-order valence-electron chi connectivity index (χ1n) is 41.2. The predicted octanol–water partition coefficient (Wildman–Crippen LogP) is 18.1. The van der Waals surface area contributed by atoms with Crippen molar-refractivity contribution in [1.82, 2.24) is 34.5 Å². The topological polar surface area (TPSA) is 276 Å². The van der Waals surface area contributed by atoms with E-state index in [1.165, 1.54) is 0 Å². The van der Waals surface area contributed by atoms with Gasteiger partial charge >= 0.3 is 23.9 Å². The number of aliphatic hydroxyl groups is 2. The second-order valence-electron chi connectivity index (χ2n) is 40.8. The molecule has 8 fully saturated rings. The van der Waals surface area contributed by atoms with Crippen molar-refractivity contribution in [2.75, 3.05) is 0 Å². The number of pyridine rings is 1. The van der Waals surface area contributed by atoms with Gasteiger partial charge in [-0.15, -0.1) is 20.4 Å². The highest BCUT2D eigenvalue weighted by molar-refractivity contribution is 6.31. The Morgan fingerprint density at radius 2 is 1.00 bits per heavy atom. The van der Waals surface area contributed by atoms with E-state index in [9.17, 15) is 49.2 Å². The van der Waals surface area contributed by atoms with Crippen LogP contribution in [0.4, 0.5) is 0 Å². The SMILES string of the molecule is CC(C)C1=C2[C@H]3CCC4[C@@]5(C)CC[C@H](OC(=O)CC(C)(C)C(=O)O)C(C)(C)C5CC[C@@]4(C)[C@]3(C)CC[C@@]2(C(O)c2nnc(-c3ccc(Cl)c(CC(C)(CC(=O)O[C@H]4CC[C@@]5(C)C(CC[C@]6(C)C5CC[C@@H]5C7=C(C(C)C)C(=O)C[C@]7(C(O)c7nnc(-c8ccc(Cl)cn8)n7C)CC[C@]56C)C4(C)C)C(=O)O)c3)n2C)CC1=O. The zero-order chi connectivity index (χ0) is 80.1. The van der Waals surface area contributed by atoms with E-state index in [2.05, 4.69) is 112 Å². The Labute approximate surface area is 660 Å². The number of hydrogen-bond acceptors (Lipinski definition) is 15. The Morgan fingerprint density at radius 1 is 0.545 bits per heavy atom. The smallest absolute Gasteiger partial charge is 0.310 e. The minimum atomic E-state index is -1.63. The van der Waals surface area contributed by atoms with Gasteiger partial charge < -0.3 is 39.0 Å². The maximum absolute atomic E-state index is 14.8. The average Bonchev–Trinajstić information content (AvgIpc) is 1.20. The van der Waals surface area contributed by atoms with Crippen LogP contribution in [0.3, 0.4) is 0 Å². The van der Waals surface area contributed by atoms with Crippen LogP contribution >= 0.6 is 23.2 Å².